The maximum atomic E-state index is 9.83. The van der Waals surface area contributed by atoms with Gasteiger partial charge in [0.05, 0.1) is 27.4 Å². The van der Waals surface area contributed by atoms with Crippen LogP contribution in [-0.2, 0) is 6.42 Å². The van der Waals surface area contributed by atoms with E-state index >= 15 is 0 Å². The average Bonchev–Trinajstić information content (AvgIpc) is 2.68. The highest BCUT2D eigenvalue weighted by Crippen LogP contribution is 2.47. The molecule has 0 amide bonds. The summed E-state index contributed by atoms with van der Waals surface area (Å²) in [5.41, 5.74) is 1.90. The molecule has 2 rings (SSSR count). The Hall–Kier alpha value is -1.42. The van der Waals surface area contributed by atoms with Gasteiger partial charge in [0.25, 0.3) is 0 Å². The number of aliphatic hydroxyl groups excluding tert-OH is 1. The van der Waals surface area contributed by atoms with E-state index in [4.69, 9.17) is 14.2 Å². The highest BCUT2D eigenvalue weighted by Gasteiger charge is 2.28. The lowest BCUT2D eigenvalue weighted by Crippen LogP contribution is -2.00. The zero-order valence-corrected chi connectivity index (χ0v) is 9.74. The largest absolute Gasteiger partial charge is 0.493 e. The van der Waals surface area contributed by atoms with E-state index in [9.17, 15) is 5.11 Å². The number of hydrogen-bond acceptors (Lipinski definition) is 4. The van der Waals surface area contributed by atoms with Crippen LogP contribution in [0.5, 0.6) is 17.2 Å². The monoisotopic (exact) mass is 224 g/mol. The third-order valence-electron chi connectivity index (χ3n) is 2.99. The fourth-order valence-corrected chi connectivity index (χ4v) is 2.23. The Morgan fingerprint density at radius 2 is 1.81 bits per heavy atom. The van der Waals surface area contributed by atoms with Crippen LogP contribution in [0.25, 0.3) is 0 Å². The van der Waals surface area contributed by atoms with Crippen LogP contribution >= 0.6 is 0 Å². The maximum absolute atomic E-state index is 9.83. The quantitative estimate of drug-likeness (QED) is 0.848. The van der Waals surface area contributed by atoms with Crippen LogP contribution in [0, 0.1) is 0 Å². The number of rotatable bonds is 3. The van der Waals surface area contributed by atoms with Crippen LogP contribution in [0.4, 0.5) is 0 Å². The minimum absolute atomic E-state index is 0.427. The van der Waals surface area contributed by atoms with Gasteiger partial charge in [-0.3, -0.25) is 0 Å². The van der Waals surface area contributed by atoms with Gasteiger partial charge >= 0.3 is 0 Å². The number of benzene rings is 1. The normalized spacial score (nSPS) is 18.1. The fourth-order valence-electron chi connectivity index (χ4n) is 2.23. The fraction of sp³-hybridized carbons (Fsp3) is 0.500. The summed E-state index contributed by atoms with van der Waals surface area (Å²) in [6.45, 7) is 0. The van der Waals surface area contributed by atoms with Crippen LogP contribution in [0.1, 0.15) is 23.7 Å². The van der Waals surface area contributed by atoms with E-state index in [1.165, 1.54) is 0 Å². The number of fused-ring (bicyclic) bond motifs is 1. The van der Waals surface area contributed by atoms with Crippen molar-refractivity contribution in [2.75, 3.05) is 21.3 Å². The summed E-state index contributed by atoms with van der Waals surface area (Å²) in [4.78, 5) is 0. The van der Waals surface area contributed by atoms with Crippen LogP contribution in [0.15, 0.2) is 6.07 Å². The van der Waals surface area contributed by atoms with Gasteiger partial charge in [-0.15, -0.1) is 0 Å². The lowest BCUT2D eigenvalue weighted by molar-refractivity contribution is 0.179. The van der Waals surface area contributed by atoms with Crippen LogP contribution in [-0.4, -0.2) is 26.4 Å². The molecule has 88 valence electrons. The van der Waals surface area contributed by atoms with Crippen LogP contribution in [0.3, 0.4) is 0 Å². The van der Waals surface area contributed by atoms with E-state index < -0.39 is 6.10 Å². The molecule has 0 radical (unpaired) electrons. The Bertz CT molecular complexity index is 397. The van der Waals surface area contributed by atoms with Crippen molar-refractivity contribution in [2.45, 2.75) is 18.9 Å². The van der Waals surface area contributed by atoms with E-state index in [0.29, 0.717) is 17.2 Å². The van der Waals surface area contributed by atoms with Gasteiger partial charge in [-0.05, 0) is 24.5 Å². The second-order valence-electron chi connectivity index (χ2n) is 3.77. The van der Waals surface area contributed by atoms with Crippen LogP contribution in [0.2, 0.25) is 0 Å². The van der Waals surface area contributed by atoms with E-state index in [0.717, 1.165) is 24.0 Å². The second-order valence-corrected chi connectivity index (χ2v) is 3.77. The minimum Gasteiger partial charge on any atom is -0.493 e. The highest BCUT2D eigenvalue weighted by atomic mass is 16.5. The van der Waals surface area contributed by atoms with Crippen molar-refractivity contribution < 1.29 is 19.3 Å². The van der Waals surface area contributed by atoms with E-state index in [1.54, 1.807) is 21.3 Å². The summed E-state index contributed by atoms with van der Waals surface area (Å²) in [7, 11) is 4.76. The predicted octanol–water partition coefficient (Wildman–Crippen LogP) is 1.69. The first-order valence-electron chi connectivity index (χ1n) is 5.22. The minimum atomic E-state index is -0.427. The molecule has 0 aliphatic heterocycles. The Labute approximate surface area is 94.8 Å². The molecule has 0 spiro atoms. The lowest BCUT2D eigenvalue weighted by Gasteiger charge is -2.16. The number of methoxy groups -OCH3 is 3. The molecule has 1 atom stereocenters. The SMILES string of the molecule is COc1cc2c(c(OC)c1OC)CCC2O. The van der Waals surface area contributed by atoms with Gasteiger partial charge in [-0.1, -0.05) is 0 Å². The maximum Gasteiger partial charge on any atom is 0.203 e. The zero-order valence-electron chi connectivity index (χ0n) is 9.74. The van der Waals surface area contributed by atoms with Gasteiger partial charge in [0.2, 0.25) is 5.75 Å². The second kappa shape index (κ2) is 4.22. The Morgan fingerprint density at radius 1 is 1.12 bits per heavy atom. The third-order valence-corrected chi connectivity index (χ3v) is 2.99. The van der Waals surface area contributed by atoms with Crippen molar-refractivity contribution in [2.24, 2.45) is 0 Å². The Morgan fingerprint density at radius 3 is 2.38 bits per heavy atom. The van der Waals surface area contributed by atoms with Gasteiger partial charge in [0.1, 0.15) is 0 Å². The average molecular weight is 224 g/mol. The molecule has 0 saturated carbocycles. The molecular formula is C12H16O4. The Balaban J connectivity index is 2.64. The molecule has 16 heavy (non-hydrogen) atoms. The summed E-state index contributed by atoms with van der Waals surface area (Å²) < 4.78 is 15.9. The van der Waals surface area contributed by atoms with Crippen molar-refractivity contribution in [3.63, 3.8) is 0 Å². The van der Waals surface area contributed by atoms with Gasteiger partial charge in [0.15, 0.2) is 11.5 Å². The Kier molecular flexibility index (Phi) is 2.92. The molecule has 0 aromatic heterocycles. The first-order valence-corrected chi connectivity index (χ1v) is 5.22. The number of ether oxygens (including phenoxy) is 3. The summed E-state index contributed by atoms with van der Waals surface area (Å²) in [5, 5.41) is 9.83. The smallest absolute Gasteiger partial charge is 0.203 e. The third kappa shape index (κ3) is 1.50. The highest BCUT2D eigenvalue weighted by molar-refractivity contribution is 5.60. The predicted molar refractivity (Wildman–Crippen MR) is 59.4 cm³/mol. The van der Waals surface area contributed by atoms with Crippen molar-refractivity contribution in [3.05, 3.63) is 17.2 Å². The first kappa shape index (κ1) is 11.1. The van der Waals surface area contributed by atoms with Crippen LogP contribution < -0.4 is 14.2 Å². The van der Waals surface area contributed by atoms with Gasteiger partial charge in [-0.25, -0.2) is 0 Å². The van der Waals surface area contributed by atoms with Crippen molar-refractivity contribution in [1.82, 2.24) is 0 Å². The standard InChI is InChI=1S/C12H16O4/c1-14-10-6-8-7(4-5-9(8)13)11(15-2)12(10)16-3/h6,9,13H,4-5H2,1-3H3. The lowest BCUT2D eigenvalue weighted by atomic mass is 10.1. The molecule has 4 heteroatoms. The van der Waals surface area contributed by atoms with Crippen molar-refractivity contribution >= 4 is 0 Å². The van der Waals surface area contributed by atoms with Crippen molar-refractivity contribution in [3.8, 4) is 17.2 Å². The topological polar surface area (TPSA) is 47.9 Å². The first-order chi connectivity index (χ1) is 7.72. The van der Waals surface area contributed by atoms with E-state index in [-0.39, 0.29) is 0 Å². The molecule has 0 fully saturated rings. The molecule has 1 aromatic carbocycles. The molecule has 0 saturated heterocycles. The molecule has 4 nitrogen and oxygen atoms in total. The molecule has 1 aliphatic carbocycles. The van der Waals surface area contributed by atoms with Gasteiger partial charge in [0, 0.05) is 5.56 Å². The number of hydrogen-bond donors (Lipinski definition) is 1. The summed E-state index contributed by atoms with van der Waals surface area (Å²) in [5.74, 6) is 1.87. The van der Waals surface area contributed by atoms with Crippen molar-refractivity contribution in [1.29, 1.82) is 0 Å². The molecular weight excluding hydrogens is 208 g/mol. The zero-order chi connectivity index (χ0) is 11.7. The summed E-state index contributed by atoms with van der Waals surface area (Å²) in [6.07, 6.45) is 1.10. The number of aliphatic hydroxyl groups is 1. The van der Waals surface area contributed by atoms with Gasteiger partial charge < -0.3 is 19.3 Å². The summed E-state index contributed by atoms with van der Waals surface area (Å²) in [6, 6.07) is 1.83. The van der Waals surface area contributed by atoms with E-state index in [1.807, 2.05) is 6.07 Å². The molecule has 0 heterocycles. The van der Waals surface area contributed by atoms with E-state index in [2.05, 4.69) is 0 Å². The summed E-state index contributed by atoms with van der Waals surface area (Å²) >= 11 is 0. The molecule has 1 aliphatic rings. The molecule has 1 aromatic rings. The molecule has 0 bridgehead atoms. The van der Waals surface area contributed by atoms with Gasteiger partial charge in [-0.2, -0.15) is 0 Å². The molecule has 1 unspecified atom stereocenters. The molecule has 1 N–H and O–H groups in total.